The molecule has 0 radical (unpaired) electrons. The number of anilines is 1. The van der Waals surface area contributed by atoms with Crippen LogP contribution in [-0.4, -0.2) is 18.2 Å². The number of nitrogens with one attached hydrogen (secondary N) is 2. The number of hydrogen-bond acceptors (Lipinski definition) is 4. The number of rotatable bonds is 4. The van der Waals surface area contributed by atoms with Gasteiger partial charge in [0.2, 0.25) is 0 Å². The smallest absolute Gasteiger partial charge is 0.340 e. The molecule has 2 N–H and O–H groups in total. The van der Waals surface area contributed by atoms with Crippen molar-refractivity contribution in [2.24, 2.45) is 0 Å². The lowest BCUT2D eigenvalue weighted by Crippen LogP contribution is -2.31. The minimum atomic E-state index is -0.369. The standard InChI is InChI=1S/C17H20N2O2S2/c1-10-5-7-13(8-6-10)12(3)18-17(22)19-15-14(16(20)21-4)9-11(2)23-15/h5-9,12H,1-4H3,(H2,18,19,22). The van der Waals surface area contributed by atoms with Crippen LogP contribution in [0, 0.1) is 13.8 Å². The molecule has 2 aromatic rings. The molecule has 0 saturated carbocycles. The summed E-state index contributed by atoms with van der Waals surface area (Å²) in [6.07, 6.45) is 0. The summed E-state index contributed by atoms with van der Waals surface area (Å²) < 4.78 is 4.80. The average Bonchev–Trinajstić information content (AvgIpc) is 2.87. The van der Waals surface area contributed by atoms with Gasteiger partial charge >= 0.3 is 5.97 Å². The van der Waals surface area contributed by atoms with Gasteiger partial charge in [-0.05, 0) is 44.6 Å². The van der Waals surface area contributed by atoms with Gasteiger partial charge in [-0.2, -0.15) is 0 Å². The van der Waals surface area contributed by atoms with Crippen molar-refractivity contribution in [1.82, 2.24) is 5.32 Å². The van der Waals surface area contributed by atoms with E-state index in [0.29, 0.717) is 15.7 Å². The number of esters is 1. The van der Waals surface area contributed by atoms with Crippen LogP contribution >= 0.6 is 23.6 Å². The number of methoxy groups -OCH3 is 1. The summed E-state index contributed by atoms with van der Waals surface area (Å²) in [5.41, 5.74) is 2.87. The first-order valence-corrected chi connectivity index (χ1v) is 8.46. The highest BCUT2D eigenvalue weighted by Crippen LogP contribution is 2.28. The highest BCUT2D eigenvalue weighted by atomic mass is 32.1. The lowest BCUT2D eigenvalue weighted by Gasteiger charge is -2.17. The van der Waals surface area contributed by atoms with Gasteiger partial charge in [0, 0.05) is 4.88 Å². The highest BCUT2D eigenvalue weighted by Gasteiger charge is 2.17. The largest absolute Gasteiger partial charge is 0.465 e. The maximum absolute atomic E-state index is 11.8. The molecule has 1 aromatic heterocycles. The molecular weight excluding hydrogens is 328 g/mol. The molecule has 2 rings (SSSR count). The zero-order valence-corrected chi connectivity index (χ0v) is 15.2. The number of carbonyl (C=O) groups excluding carboxylic acids is 1. The quantitative estimate of drug-likeness (QED) is 0.641. The van der Waals surface area contributed by atoms with Crippen LogP contribution in [0.25, 0.3) is 0 Å². The molecular formula is C17H20N2O2S2. The summed E-state index contributed by atoms with van der Waals surface area (Å²) in [5, 5.41) is 7.50. The van der Waals surface area contributed by atoms with Gasteiger partial charge in [0.25, 0.3) is 0 Å². The summed E-state index contributed by atoms with van der Waals surface area (Å²) in [6.45, 7) is 6.04. The van der Waals surface area contributed by atoms with Crippen molar-refractivity contribution >= 4 is 39.6 Å². The van der Waals surface area contributed by atoms with Crippen LogP contribution < -0.4 is 10.6 Å². The highest BCUT2D eigenvalue weighted by molar-refractivity contribution is 7.80. The number of hydrogen-bond donors (Lipinski definition) is 2. The summed E-state index contributed by atoms with van der Waals surface area (Å²) in [4.78, 5) is 12.8. The molecule has 0 spiro atoms. The number of thiocarbonyl (C=S) groups is 1. The van der Waals surface area contributed by atoms with E-state index < -0.39 is 0 Å². The van der Waals surface area contributed by atoms with E-state index in [1.54, 1.807) is 6.07 Å². The average molecular weight is 348 g/mol. The molecule has 0 aliphatic heterocycles. The summed E-state index contributed by atoms with van der Waals surface area (Å²) in [6, 6.07) is 10.2. The molecule has 6 heteroatoms. The van der Waals surface area contributed by atoms with Gasteiger partial charge in [-0.15, -0.1) is 11.3 Å². The third kappa shape index (κ3) is 4.53. The Hall–Kier alpha value is -1.92. The molecule has 0 aliphatic carbocycles. The van der Waals surface area contributed by atoms with Gasteiger partial charge in [0.15, 0.2) is 5.11 Å². The maximum atomic E-state index is 11.8. The first kappa shape index (κ1) is 17.4. The maximum Gasteiger partial charge on any atom is 0.340 e. The van der Waals surface area contributed by atoms with E-state index in [2.05, 4.69) is 41.8 Å². The SMILES string of the molecule is COC(=O)c1cc(C)sc1NC(=S)NC(C)c1ccc(C)cc1. The van der Waals surface area contributed by atoms with E-state index in [4.69, 9.17) is 17.0 Å². The first-order chi connectivity index (χ1) is 10.9. The van der Waals surface area contributed by atoms with Gasteiger partial charge in [-0.1, -0.05) is 29.8 Å². The molecule has 1 unspecified atom stereocenters. The zero-order chi connectivity index (χ0) is 17.0. The Balaban J connectivity index is 2.05. The van der Waals surface area contributed by atoms with Crippen molar-refractivity contribution in [2.75, 3.05) is 12.4 Å². The Morgan fingerprint density at radius 3 is 2.52 bits per heavy atom. The molecule has 1 atom stereocenters. The second-order valence-electron chi connectivity index (χ2n) is 5.32. The molecule has 0 fully saturated rings. The van der Waals surface area contributed by atoms with E-state index in [-0.39, 0.29) is 12.0 Å². The summed E-state index contributed by atoms with van der Waals surface area (Å²) >= 11 is 6.83. The number of benzene rings is 1. The van der Waals surface area contributed by atoms with E-state index in [1.807, 2.05) is 13.8 Å². The number of ether oxygens (including phenoxy) is 1. The third-order valence-corrected chi connectivity index (χ3v) is 4.60. The molecule has 1 heterocycles. The van der Waals surface area contributed by atoms with E-state index >= 15 is 0 Å². The second kappa shape index (κ2) is 7.57. The van der Waals surface area contributed by atoms with E-state index in [0.717, 1.165) is 10.4 Å². The molecule has 4 nitrogen and oxygen atoms in total. The fourth-order valence-electron chi connectivity index (χ4n) is 2.14. The van der Waals surface area contributed by atoms with Gasteiger partial charge in [-0.3, -0.25) is 0 Å². The Bertz CT molecular complexity index is 708. The van der Waals surface area contributed by atoms with Crippen LogP contribution in [0.3, 0.4) is 0 Å². The lowest BCUT2D eigenvalue weighted by atomic mass is 10.1. The van der Waals surface area contributed by atoms with Crippen LogP contribution in [0.1, 0.15) is 39.3 Å². The van der Waals surface area contributed by atoms with Crippen LogP contribution in [0.2, 0.25) is 0 Å². The Kier molecular flexibility index (Phi) is 5.74. The number of carbonyl (C=O) groups is 1. The van der Waals surface area contributed by atoms with Crippen LogP contribution in [0.15, 0.2) is 30.3 Å². The van der Waals surface area contributed by atoms with Gasteiger partial charge in [0.1, 0.15) is 5.00 Å². The molecule has 0 saturated heterocycles. The summed E-state index contributed by atoms with van der Waals surface area (Å²) in [5.74, 6) is -0.369. The van der Waals surface area contributed by atoms with Crippen molar-refractivity contribution in [1.29, 1.82) is 0 Å². The molecule has 1 aromatic carbocycles. The first-order valence-electron chi connectivity index (χ1n) is 7.23. The molecule has 0 amide bonds. The monoisotopic (exact) mass is 348 g/mol. The fraction of sp³-hybridized carbons (Fsp3) is 0.294. The van der Waals surface area contributed by atoms with E-state index in [9.17, 15) is 4.79 Å². The zero-order valence-electron chi connectivity index (χ0n) is 13.6. The van der Waals surface area contributed by atoms with Gasteiger partial charge < -0.3 is 15.4 Å². The predicted molar refractivity (Wildman–Crippen MR) is 99.3 cm³/mol. The normalized spacial score (nSPS) is 11.7. The van der Waals surface area contributed by atoms with E-state index in [1.165, 1.54) is 24.0 Å². The van der Waals surface area contributed by atoms with Crippen LogP contribution in [0.5, 0.6) is 0 Å². The fourth-order valence-corrected chi connectivity index (χ4v) is 3.39. The Morgan fingerprint density at radius 1 is 1.26 bits per heavy atom. The predicted octanol–water partition coefficient (Wildman–Crippen LogP) is 4.20. The van der Waals surface area contributed by atoms with Crippen molar-refractivity contribution in [3.8, 4) is 0 Å². The van der Waals surface area contributed by atoms with Crippen LogP contribution in [-0.2, 0) is 4.74 Å². The minimum absolute atomic E-state index is 0.0678. The molecule has 23 heavy (non-hydrogen) atoms. The molecule has 0 aliphatic rings. The van der Waals surface area contributed by atoms with Crippen molar-refractivity contribution in [2.45, 2.75) is 26.8 Å². The summed E-state index contributed by atoms with van der Waals surface area (Å²) in [7, 11) is 1.37. The molecule has 122 valence electrons. The van der Waals surface area contributed by atoms with Crippen molar-refractivity contribution in [3.05, 3.63) is 51.9 Å². The lowest BCUT2D eigenvalue weighted by molar-refractivity contribution is 0.0602. The Labute approximate surface area is 145 Å². The Morgan fingerprint density at radius 2 is 1.91 bits per heavy atom. The van der Waals surface area contributed by atoms with Gasteiger partial charge in [0.05, 0.1) is 18.7 Å². The van der Waals surface area contributed by atoms with Gasteiger partial charge in [-0.25, -0.2) is 4.79 Å². The second-order valence-corrected chi connectivity index (χ2v) is 6.99. The minimum Gasteiger partial charge on any atom is -0.465 e. The molecule has 0 bridgehead atoms. The third-order valence-electron chi connectivity index (χ3n) is 3.41. The van der Waals surface area contributed by atoms with Crippen molar-refractivity contribution in [3.63, 3.8) is 0 Å². The number of aryl methyl sites for hydroxylation is 2. The number of thiophene rings is 1. The topological polar surface area (TPSA) is 50.4 Å². The van der Waals surface area contributed by atoms with Crippen molar-refractivity contribution < 1.29 is 9.53 Å². The van der Waals surface area contributed by atoms with Crippen LogP contribution in [0.4, 0.5) is 5.00 Å².